The van der Waals surface area contributed by atoms with Gasteiger partial charge in [-0.25, -0.2) is 0 Å². The van der Waals surface area contributed by atoms with Crippen molar-refractivity contribution in [1.29, 1.82) is 0 Å². The van der Waals surface area contributed by atoms with E-state index in [4.69, 9.17) is 0 Å². The Morgan fingerprint density at radius 1 is 1.17 bits per heavy atom. The average molecular weight is 401 g/mol. The highest BCUT2D eigenvalue weighted by molar-refractivity contribution is 5.79. The van der Waals surface area contributed by atoms with Gasteiger partial charge in [0.1, 0.15) is 0 Å². The molecule has 0 aromatic carbocycles. The van der Waals surface area contributed by atoms with Crippen LogP contribution in [-0.2, 0) is 16.0 Å². The van der Waals surface area contributed by atoms with Crippen molar-refractivity contribution in [1.82, 2.24) is 20.1 Å². The summed E-state index contributed by atoms with van der Waals surface area (Å²) in [6, 6.07) is 3.80. The van der Waals surface area contributed by atoms with Gasteiger partial charge in [0.15, 0.2) is 0 Å². The average Bonchev–Trinajstić information content (AvgIpc) is 2.75. The molecule has 1 aromatic heterocycles. The molecule has 1 aliphatic carbocycles. The molecule has 6 nitrogen and oxygen atoms in total. The van der Waals surface area contributed by atoms with Crippen LogP contribution in [0.25, 0.3) is 0 Å². The zero-order valence-corrected chi connectivity index (χ0v) is 17.9. The SMILES string of the molecule is CCCN1CCCN(C(=O)Cc2cccnc2)CCNC(=O)CC12CCCCC2. The first-order chi connectivity index (χ1) is 14.1. The maximum absolute atomic E-state index is 12.9. The minimum absolute atomic E-state index is 0.00717. The Hall–Kier alpha value is -1.95. The highest BCUT2D eigenvalue weighted by Gasteiger charge is 2.39. The number of amides is 2. The van der Waals surface area contributed by atoms with Crippen LogP contribution in [0.4, 0.5) is 0 Å². The molecule has 2 heterocycles. The van der Waals surface area contributed by atoms with Crippen molar-refractivity contribution >= 4 is 11.8 Å². The van der Waals surface area contributed by atoms with Crippen molar-refractivity contribution < 1.29 is 9.59 Å². The van der Waals surface area contributed by atoms with Crippen LogP contribution in [0, 0.1) is 0 Å². The van der Waals surface area contributed by atoms with Crippen LogP contribution < -0.4 is 5.32 Å². The van der Waals surface area contributed by atoms with Gasteiger partial charge in [0.05, 0.1) is 6.42 Å². The molecule has 6 heteroatoms. The molecule has 1 N–H and O–H groups in total. The van der Waals surface area contributed by atoms with Crippen molar-refractivity contribution in [2.45, 2.75) is 70.3 Å². The first-order valence-corrected chi connectivity index (χ1v) is 11.3. The molecule has 3 rings (SSSR count). The molecule has 1 aromatic rings. The lowest BCUT2D eigenvalue weighted by Crippen LogP contribution is -2.53. The third-order valence-corrected chi connectivity index (χ3v) is 6.43. The molecule has 0 radical (unpaired) electrons. The smallest absolute Gasteiger partial charge is 0.227 e. The predicted molar refractivity (Wildman–Crippen MR) is 114 cm³/mol. The summed E-state index contributed by atoms with van der Waals surface area (Å²) in [6.07, 6.45) is 12.4. The Morgan fingerprint density at radius 3 is 2.72 bits per heavy atom. The van der Waals surface area contributed by atoms with Crippen LogP contribution in [0.1, 0.15) is 63.9 Å². The molecular formula is C23H36N4O2. The van der Waals surface area contributed by atoms with Gasteiger partial charge in [0, 0.05) is 50.5 Å². The number of hydrogen-bond acceptors (Lipinski definition) is 4. The zero-order chi connectivity index (χ0) is 20.5. The third-order valence-electron chi connectivity index (χ3n) is 6.43. The molecule has 160 valence electrons. The Bertz CT molecular complexity index is 658. The molecule has 0 atom stereocenters. The second-order valence-electron chi connectivity index (χ2n) is 8.57. The lowest BCUT2D eigenvalue weighted by Gasteiger charge is -2.46. The van der Waals surface area contributed by atoms with Gasteiger partial charge in [-0.1, -0.05) is 32.3 Å². The number of rotatable bonds is 4. The van der Waals surface area contributed by atoms with Crippen LogP contribution >= 0.6 is 0 Å². The fraction of sp³-hybridized carbons (Fsp3) is 0.696. The fourth-order valence-electron chi connectivity index (χ4n) is 4.97. The summed E-state index contributed by atoms with van der Waals surface area (Å²) >= 11 is 0. The summed E-state index contributed by atoms with van der Waals surface area (Å²) in [5.74, 6) is 0.246. The van der Waals surface area contributed by atoms with Crippen molar-refractivity contribution in [2.75, 3.05) is 32.7 Å². The van der Waals surface area contributed by atoms with E-state index in [1.807, 2.05) is 17.0 Å². The molecule has 0 bridgehead atoms. The van der Waals surface area contributed by atoms with Crippen LogP contribution in [-0.4, -0.2) is 64.9 Å². The molecule has 0 unspecified atom stereocenters. The number of hydrogen-bond donors (Lipinski definition) is 1. The van der Waals surface area contributed by atoms with Crippen molar-refractivity contribution in [3.05, 3.63) is 30.1 Å². The lowest BCUT2D eigenvalue weighted by atomic mass is 9.77. The predicted octanol–water partition coefficient (Wildman–Crippen LogP) is 2.78. The number of carbonyl (C=O) groups is 2. The Balaban J connectivity index is 1.69. The van der Waals surface area contributed by atoms with Gasteiger partial charge in [0.25, 0.3) is 0 Å². The van der Waals surface area contributed by atoms with E-state index in [1.54, 1.807) is 12.4 Å². The molecule has 1 aliphatic heterocycles. The molecule has 1 saturated carbocycles. The number of nitrogens with one attached hydrogen (secondary N) is 1. The lowest BCUT2D eigenvalue weighted by molar-refractivity contribution is -0.131. The molecular weight excluding hydrogens is 364 g/mol. The van der Waals surface area contributed by atoms with Gasteiger partial charge in [0.2, 0.25) is 11.8 Å². The number of carbonyl (C=O) groups excluding carboxylic acids is 2. The van der Waals surface area contributed by atoms with Gasteiger partial charge in [-0.05, 0) is 43.9 Å². The molecule has 1 spiro atoms. The second kappa shape index (κ2) is 10.7. The zero-order valence-electron chi connectivity index (χ0n) is 17.9. The number of nitrogens with zero attached hydrogens (tertiary/aromatic N) is 3. The summed E-state index contributed by atoms with van der Waals surface area (Å²) < 4.78 is 0. The summed E-state index contributed by atoms with van der Waals surface area (Å²) in [5.41, 5.74) is 0.942. The molecule has 29 heavy (non-hydrogen) atoms. The third kappa shape index (κ3) is 6.01. The van der Waals surface area contributed by atoms with Gasteiger partial charge in [-0.2, -0.15) is 0 Å². The highest BCUT2D eigenvalue weighted by atomic mass is 16.2. The van der Waals surface area contributed by atoms with Gasteiger partial charge in [-0.15, -0.1) is 0 Å². The maximum Gasteiger partial charge on any atom is 0.227 e. The summed E-state index contributed by atoms with van der Waals surface area (Å²) in [7, 11) is 0. The largest absolute Gasteiger partial charge is 0.354 e. The topological polar surface area (TPSA) is 65.5 Å². The van der Waals surface area contributed by atoms with E-state index >= 15 is 0 Å². The van der Waals surface area contributed by atoms with E-state index in [2.05, 4.69) is 22.1 Å². The first-order valence-electron chi connectivity index (χ1n) is 11.3. The molecule has 2 aliphatic rings. The minimum Gasteiger partial charge on any atom is -0.354 e. The quantitative estimate of drug-likeness (QED) is 0.844. The summed E-state index contributed by atoms with van der Waals surface area (Å²) in [5, 5.41) is 3.09. The summed E-state index contributed by atoms with van der Waals surface area (Å²) in [4.78, 5) is 34.2. The summed E-state index contributed by atoms with van der Waals surface area (Å²) in [6.45, 7) is 6.04. The standard InChI is InChI=1S/C23H36N4O2/c1-2-13-27-15-7-14-26(22(29)17-20-8-6-11-24-19-20)16-12-25-21(28)18-23(27)9-4-3-5-10-23/h6,8,11,19H,2-5,7,9-10,12-18H2,1H3,(H,25,28). The monoisotopic (exact) mass is 400 g/mol. The molecule has 2 fully saturated rings. The van der Waals surface area contributed by atoms with E-state index in [-0.39, 0.29) is 17.4 Å². The van der Waals surface area contributed by atoms with Crippen molar-refractivity contribution in [2.24, 2.45) is 0 Å². The van der Waals surface area contributed by atoms with Gasteiger partial charge in [-0.3, -0.25) is 19.5 Å². The van der Waals surface area contributed by atoms with E-state index < -0.39 is 0 Å². The van der Waals surface area contributed by atoms with E-state index in [0.29, 0.717) is 25.9 Å². The minimum atomic E-state index is 0.00717. The van der Waals surface area contributed by atoms with E-state index in [9.17, 15) is 9.59 Å². The van der Waals surface area contributed by atoms with E-state index in [0.717, 1.165) is 50.9 Å². The molecule has 2 amide bonds. The molecule has 1 saturated heterocycles. The van der Waals surface area contributed by atoms with Crippen molar-refractivity contribution in [3.8, 4) is 0 Å². The van der Waals surface area contributed by atoms with E-state index in [1.165, 1.54) is 19.3 Å². The number of pyridine rings is 1. The van der Waals surface area contributed by atoms with Gasteiger partial charge >= 0.3 is 0 Å². The Kier molecular flexibility index (Phi) is 8.04. The Morgan fingerprint density at radius 2 is 2.00 bits per heavy atom. The normalized spacial score (nSPS) is 21.4. The van der Waals surface area contributed by atoms with Crippen LogP contribution in [0.15, 0.2) is 24.5 Å². The maximum atomic E-state index is 12.9. The van der Waals surface area contributed by atoms with Crippen LogP contribution in [0.5, 0.6) is 0 Å². The van der Waals surface area contributed by atoms with Gasteiger partial charge < -0.3 is 10.2 Å². The van der Waals surface area contributed by atoms with Crippen LogP contribution in [0.2, 0.25) is 0 Å². The highest BCUT2D eigenvalue weighted by Crippen LogP contribution is 2.37. The fourth-order valence-corrected chi connectivity index (χ4v) is 4.97. The van der Waals surface area contributed by atoms with Crippen molar-refractivity contribution in [3.63, 3.8) is 0 Å². The first kappa shape index (κ1) is 21.8. The number of aromatic nitrogens is 1. The van der Waals surface area contributed by atoms with Crippen LogP contribution in [0.3, 0.4) is 0 Å². The second-order valence-corrected chi connectivity index (χ2v) is 8.57. The Labute approximate surface area is 175 Å².